The number of rotatable bonds is 4. The summed E-state index contributed by atoms with van der Waals surface area (Å²) in [5, 5.41) is 4.89. The van der Waals surface area contributed by atoms with E-state index in [0.717, 1.165) is 31.7 Å². The first kappa shape index (κ1) is 17.9. The van der Waals surface area contributed by atoms with E-state index < -0.39 is 12.1 Å². The van der Waals surface area contributed by atoms with Gasteiger partial charge in [0, 0.05) is 18.3 Å². The molecule has 0 aromatic heterocycles. The lowest BCUT2D eigenvalue weighted by atomic mass is 10.0. The fraction of sp³-hybridized carbons (Fsp3) is 0.300. The number of hydrogen-bond donors (Lipinski definition) is 3. The number of quaternary nitrogens is 1. The molecule has 3 N–H and O–H groups in total. The van der Waals surface area contributed by atoms with Crippen LogP contribution in [-0.2, 0) is 4.79 Å². The Labute approximate surface area is 153 Å². The number of imide groups is 1. The van der Waals surface area contributed by atoms with Crippen molar-refractivity contribution in [3.05, 3.63) is 66.2 Å². The average molecular weight is 353 g/mol. The van der Waals surface area contributed by atoms with Gasteiger partial charge in [0.15, 0.2) is 6.04 Å². The van der Waals surface area contributed by atoms with Gasteiger partial charge in [-0.05, 0) is 12.1 Å². The van der Waals surface area contributed by atoms with Crippen LogP contribution in [0.2, 0.25) is 0 Å². The summed E-state index contributed by atoms with van der Waals surface area (Å²) in [7, 11) is 1.51. The second kappa shape index (κ2) is 8.49. The summed E-state index contributed by atoms with van der Waals surface area (Å²) < 4.78 is 0. The van der Waals surface area contributed by atoms with E-state index in [1.54, 1.807) is 0 Å². The van der Waals surface area contributed by atoms with Crippen molar-refractivity contribution in [2.24, 2.45) is 0 Å². The van der Waals surface area contributed by atoms with Crippen LogP contribution in [0.3, 0.4) is 0 Å². The number of carbonyl (C=O) groups is 2. The number of nitrogens with zero attached hydrogens (tertiary/aromatic N) is 1. The molecule has 1 saturated heterocycles. The number of para-hydroxylation sites is 1. The quantitative estimate of drug-likeness (QED) is 0.754. The van der Waals surface area contributed by atoms with Crippen LogP contribution in [0, 0.1) is 0 Å². The molecule has 0 spiro atoms. The van der Waals surface area contributed by atoms with Crippen LogP contribution in [-0.4, -0.2) is 45.2 Å². The fourth-order valence-corrected chi connectivity index (χ4v) is 3.44. The number of urea groups is 1. The topological polar surface area (TPSA) is 65.9 Å². The Balaban J connectivity index is 1.74. The number of amides is 3. The first-order valence-corrected chi connectivity index (χ1v) is 8.91. The number of anilines is 1. The third-order valence-electron chi connectivity index (χ3n) is 4.79. The normalized spacial score (nSPS) is 16.0. The summed E-state index contributed by atoms with van der Waals surface area (Å²) in [6.07, 6.45) is 0. The molecule has 2 aromatic carbocycles. The molecule has 0 bridgehead atoms. The molecular formula is C20H25N4O2+. The van der Waals surface area contributed by atoms with Crippen molar-refractivity contribution >= 4 is 17.6 Å². The third-order valence-corrected chi connectivity index (χ3v) is 4.79. The summed E-state index contributed by atoms with van der Waals surface area (Å²) in [6, 6.07) is 19.1. The maximum absolute atomic E-state index is 12.8. The van der Waals surface area contributed by atoms with Crippen LogP contribution in [0.1, 0.15) is 11.6 Å². The van der Waals surface area contributed by atoms with Gasteiger partial charge in [0.2, 0.25) is 0 Å². The lowest BCUT2D eigenvalue weighted by Gasteiger charge is -2.37. The molecule has 6 heteroatoms. The molecule has 2 aromatic rings. The minimum atomic E-state index is -0.474. The number of nitrogens with one attached hydrogen (secondary N) is 3. The van der Waals surface area contributed by atoms with Crippen molar-refractivity contribution in [1.29, 1.82) is 0 Å². The van der Waals surface area contributed by atoms with Gasteiger partial charge in [0.05, 0.1) is 26.2 Å². The van der Waals surface area contributed by atoms with Gasteiger partial charge in [-0.1, -0.05) is 48.5 Å². The molecule has 1 atom stereocenters. The molecular weight excluding hydrogens is 328 g/mol. The minimum absolute atomic E-state index is 0.265. The van der Waals surface area contributed by atoms with Crippen LogP contribution in [0.4, 0.5) is 10.5 Å². The molecule has 3 amide bonds. The molecule has 1 aliphatic heterocycles. The standard InChI is InChI=1S/C20H24N4O2/c1-21-20(26)22-19(25)18(16-8-4-2-5-9-16)24-14-12-23(13-15-24)17-10-6-3-7-11-17/h2-11,18H,12-15H2,1H3,(H2,21,22,25,26)/p+1/t18-/m1/s1. The first-order valence-electron chi connectivity index (χ1n) is 8.91. The van der Waals surface area contributed by atoms with E-state index in [1.165, 1.54) is 17.6 Å². The van der Waals surface area contributed by atoms with Gasteiger partial charge in [0.1, 0.15) is 0 Å². The summed E-state index contributed by atoms with van der Waals surface area (Å²) in [5.74, 6) is -0.265. The number of benzene rings is 2. The molecule has 1 heterocycles. The smallest absolute Gasteiger partial charge is 0.321 e. The van der Waals surface area contributed by atoms with Gasteiger partial charge in [-0.25, -0.2) is 4.79 Å². The Morgan fingerprint density at radius 3 is 2.12 bits per heavy atom. The monoisotopic (exact) mass is 353 g/mol. The van der Waals surface area contributed by atoms with Crippen molar-refractivity contribution in [1.82, 2.24) is 10.6 Å². The zero-order valence-electron chi connectivity index (χ0n) is 14.9. The number of piperazine rings is 1. The van der Waals surface area contributed by atoms with Crippen molar-refractivity contribution in [3.63, 3.8) is 0 Å². The maximum Gasteiger partial charge on any atom is 0.321 e. The highest BCUT2D eigenvalue weighted by Crippen LogP contribution is 2.14. The highest BCUT2D eigenvalue weighted by molar-refractivity contribution is 5.96. The highest BCUT2D eigenvalue weighted by atomic mass is 16.2. The van der Waals surface area contributed by atoms with Crippen molar-refractivity contribution in [2.45, 2.75) is 6.04 Å². The van der Waals surface area contributed by atoms with Gasteiger partial charge in [-0.15, -0.1) is 0 Å². The van der Waals surface area contributed by atoms with E-state index in [4.69, 9.17) is 0 Å². The van der Waals surface area contributed by atoms with E-state index in [9.17, 15) is 9.59 Å². The van der Waals surface area contributed by atoms with E-state index in [1.807, 2.05) is 48.5 Å². The SMILES string of the molecule is CNC(=O)NC(=O)[C@@H](c1ccccc1)[NH+]1CCN(c2ccccc2)CC1. The van der Waals surface area contributed by atoms with Crippen LogP contribution in [0.15, 0.2) is 60.7 Å². The predicted octanol–water partition coefficient (Wildman–Crippen LogP) is 0.588. The zero-order valence-corrected chi connectivity index (χ0v) is 14.9. The molecule has 1 fully saturated rings. The molecule has 136 valence electrons. The van der Waals surface area contributed by atoms with Crippen LogP contribution in [0.5, 0.6) is 0 Å². The van der Waals surface area contributed by atoms with Gasteiger partial charge < -0.3 is 15.1 Å². The molecule has 0 unspecified atom stereocenters. The van der Waals surface area contributed by atoms with Crippen molar-refractivity contribution < 1.29 is 14.5 Å². The van der Waals surface area contributed by atoms with Crippen LogP contribution < -0.4 is 20.4 Å². The first-order chi connectivity index (χ1) is 12.7. The number of carbonyl (C=O) groups excluding carboxylic acids is 2. The van der Waals surface area contributed by atoms with Gasteiger partial charge >= 0.3 is 6.03 Å². The Morgan fingerprint density at radius 2 is 1.54 bits per heavy atom. The Kier molecular flexibility index (Phi) is 5.86. The molecule has 0 radical (unpaired) electrons. The Morgan fingerprint density at radius 1 is 0.962 bits per heavy atom. The Hall–Kier alpha value is -2.86. The molecule has 0 saturated carbocycles. The third kappa shape index (κ3) is 4.21. The lowest BCUT2D eigenvalue weighted by Crippen LogP contribution is -3.16. The van der Waals surface area contributed by atoms with Gasteiger partial charge in [0.25, 0.3) is 5.91 Å². The van der Waals surface area contributed by atoms with E-state index in [-0.39, 0.29) is 5.91 Å². The van der Waals surface area contributed by atoms with Crippen LogP contribution in [0.25, 0.3) is 0 Å². The zero-order chi connectivity index (χ0) is 18.4. The van der Waals surface area contributed by atoms with Crippen LogP contribution >= 0.6 is 0 Å². The largest absolute Gasteiger partial charge is 0.360 e. The minimum Gasteiger partial charge on any atom is -0.360 e. The van der Waals surface area contributed by atoms with Crippen molar-refractivity contribution in [2.75, 3.05) is 38.1 Å². The summed E-state index contributed by atoms with van der Waals surface area (Å²) in [6.45, 7) is 3.40. The predicted molar refractivity (Wildman–Crippen MR) is 101 cm³/mol. The summed E-state index contributed by atoms with van der Waals surface area (Å²) in [5.41, 5.74) is 2.13. The second-order valence-corrected chi connectivity index (χ2v) is 6.39. The number of hydrogen-bond acceptors (Lipinski definition) is 3. The van der Waals surface area contributed by atoms with Gasteiger partial charge in [-0.3, -0.25) is 10.1 Å². The summed E-state index contributed by atoms with van der Waals surface area (Å²) >= 11 is 0. The molecule has 1 aliphatic rings. The fourth-order valence-electron chi connectivity index (χ4n) is 3.44. The average Bonchev–Trinajstić information content (AvgIpc) is 2.70. The van der Waals surface area contributed by atoms with E-state index >= 15 is 0 Å². The van der Waals surface area contributed by atoms with Gasteiger partial charge in [-0.2, -0.15) is 0 Å². The van der Waals surface area contributed by atoms with E-state index in [0.29, 0.717) is 0 Å². The Bertz CT molecular complexity index is 728. The molecule has 3 rings (SSSR count). The molecule has 26 heavy (non-hydrogen) atoms. The highest BCUT2D eigenvalue weighted by Gasteiger charge is 2.34. The maximum atomic E-state index is 12.8. The van der Waals surface area contributed by atoms with Crippen molar-refractivity contribution in [3.8, 4) is 0 Å². The lowest BCUT2D eigenvalue weighted by molar-refractivity contribution is -0.922. The van der Waals surface area contributed by atoms with E-state index in [2.05, 4.69) is 27.7 Å². The second-order valence-electron chi connectivity index (χ2n) is 6.39. The molecule has 6 nitrogen and oxygen atoms in total. The summed E-state index contributed by atoms with van der Waals surface area (Å²) in [4.78, 5) is 27.9. The molecule has 0 aliphatic carbocycles.